The van der Waals surface area contributed by atoms with Crippen LogP contribution in [0.15, 0.2) is 90.6 Å². The third kappa shape index (κ3) is 5.12. The highest BCUT2D eigenvalue weighted by molar-refractivity contribution is 5.56. The zero-order valence-electron chi connectivity index (χ0n) is 20.6. The van der Waals surface area contributed by atoms with Gasteiger partial charge in [-0.25, -0.2) is 9.07 Å². The predicted molar refractivity (Wildman–Crippen MR) is 141 cm³/mol. The topological polar surface area (TPSA) is 47.3 Å². The maximum absolute atomic E-state index is 13.4. The van der Waals surface area contributed by atoms with Crippen LogP contribution in [0.1, 0.15) is 49.1 Å². The average Bonchev–Trinajstić information content (AvgIpc) is 3.26. The third-order valence-corrected chi connectivity index (χ3v) is 7.23. The smallest absolute Gasteiger partial charge is 0.127 e. The van der Waals surface area contributed by atoms with Gasteiger partial charge < -0.3 is 9.84 Å². The molecule has 5 rings (SSSR count). The number of allylic oxidation sites excluding steroid dienone is 1. The molecule has 4 aromatic rings. The van der Waals surface area contributed by atoms with Crippen molar-refractivity contribution in [1.82, 2.24) is 9.78 Å². The van der Waals surface area contributed by atoms with Gasteiger partial charge in [0.05, 0.1) is 23.7 Å². The second-order valence-corrected chi connectivity index (χ2v) is 9.59. The number of aromatic nitrogens is 2. The number of nitrogens with zero attached hydrogens (tertiary/aromatic N) is 2. The fourth-order valence-corrected chi connectivity index (χ4v) is 5.11. The van der Waals surface area contributed by atoms with Crippen molar-refractivity contribution in [2.75, 3.05) is 0 Å². The van der Waals surface area contributed by atoms with Gasteiger partial charge in [0.2, 0.25) is 0 Å². The second kappa shape index (κ2) is 10.5. The minimum Gasteiger partial charge on any atom is -0.457 e. The maximum atomic E-state index is 13.4. The Balaban J connectivity index is 1.35. The van der Waals surface area contributed by atoms with Gasteiger partial charge in [-0.3, -0.25) is 0 Å². The Bertz CT molecular complexity index is 1330. The normalized spacial score (nSPS) is 19.8. The molecule has 0 spiro atoms. The molecule has 0 aliphatic heterocycles. The van der Waals surface area contributed by atoms with Crippen molar-refractivity contribution in [3.63, 3.8) is 0 Å². The number of aryl methyl sites for hydroxylation is 1. The van der Waals surface area contributed by atoms with E-state index in [1.165, 1.54) is 17.7 Å². The summed E-state index contributed by atoms with van der Waals surface area (Å²) in [7, 11) is 0. The molecule has 0 saturated heterocycles. The van der Waals surface area contributed by atoms with Gasteiger partial charge in [0.1, 0.15) is 17.3 Å². The van der Waals surface area contributed by atoms with Crippen LogP contribution >= 0.6 is 0 Å². The first-order valence-electron chi connectivity index (χ1n) is 12.5. The van der Waals surface area contributed by atoms with Crippen LogP contribution in [0.3, 0.4) is 0 Å². The first-order chi connectivity index (χ1) is 17.5. The van der Waals surface area contributed by atoms with E-state index in [9.17, 15) is 9.50 Å². The zero-order chi connectivity index (χ0) is 25.1. The molecule has 0 bridgehead atoms. The number of aliphatic hydroxyl groups excluding tert-OH is 1. The summed E-state index contributed by atoms with van der Waals surface area (Å²) >= 11 is 0. The van der Waals surface area contributed by atoms with Gasteiger partial charge in [-0.2, -0.15) is 5.10 Å². The first-order valence-corrected chi connectivity index (χ1v) is 12.5. The molecule has 0 amide bonds. The van der Waals surface area contributed by atoms with Crippen LogP contribution in [-0.2, 0) is 0 Å². The monoisotopic (exact) mass is 482 g/mol. The molecule has 1 aromatic heterocycles. The summed E-state index contributed by atoms with van der Waals surface area (Å²) in [4.78, 5) is 0. The van der Waals surface area contributed by atoms with E-state index in [2.05, 4.69) is 18.1 Å². The zero-order valence-corrected chi connectivity index (χ0v) is 20.6. The largest absolute Gasteiger partial charge is 0.457 e. The number of para-hydroxylation sites is 1. The summed E-state index contributed by atoms with van der Waals surface area (Å²) in [6.07, 6.45) is 6.48. The van der Waals surface area contributed by atoms with E-state index >= 15 is 0 Å². The van der Waals surface area contributed by atoms with Crippen LogP contribution < -0.4 is 4.74 Å². The van der Waals surface area contributed by atoms with Crippen molar-refractivity contribution in [3.8, 4) is 17.2 Å². The number of benzene rings is 3. The maximum Gasteiger partial charge on any atom is 0.127 e. The molecule has 3 unspecified atom stereocenters. The Morgan fingerprint density at radius 1 is 1.00 bits per heavy atom. The number of hydrogen-bond acceptors (Lipinski definition) is 3. The van der Waals surface area contributed by atoms with Crippen LogP contribution in [0.2, 0.25) is 0 Å². The highest BCUT2D eigenvalue weighted by Gasteiger charge is 2.32. The lowest BCUT2D eigenvalue weighted by molar-refractivity contribution is 0.0701. The number of halogens is 1. The van der Waals surface area contributed by atoms with Crippen molar-refractivity contribution < 1.29 is 14.2 Å². The molecular weight excluding hydrogens is 451 g/mol. The predicted octanol–water partition coefficient (Wildman–Crippen LogP) is 7.67. The van der Waals surface area contributed by atoms with Crippen molar-refractivity contribution in [2.24, 2.45) is 11.8 Å². The molecule has 1 aliphatic carbocycles. The van der Waals surface area contributed by atoms with Gasteiger partial charge in [-0.15, -0.1) is 0 Å². The quantitative estimate of drug-likeness (QED) is 0.307. The Kier molecular flexibility index (Phi) is 7.01. The Hall–Kier alpha value is -3.70. The molecule has 3 aromatic carbocycles. The van der Waals surface area contributed by atoms with Crippen molar-refractivity contribution in [1.29, 1.82) is 0 Å². The summed E-state index contributed by atoms with van der Waals surface area (Å²) in [5, 5.41) is 15.9. The van der Waals surface area contributed by atoms with Gasteiger partial charge in [0, 0.05) is 0 Å². The molecule has 184 valence electrons. The molecule has 1 heterocycles. The number of rotatable bonds is 6. The van der Waals surface area contributed by atoms with E-state index in [-0.39, 0.29) is 17.7 Å². The van der Waals surface area contributed by atoms with E-state index in [4.69, 9.17) is 4.74 Å². The van der Waals surface area contributed by atoms with Gasteiger partial charge in [-0.1, -0.05) is 42.8 Å². The van der Waals surface area contributed by atoms with E-state index in [0.29, 0.717) is 0 Å². The average molecular weight is 483 g/mol. The summed E-state index contributed by atoms with van der Waals surface area (Å²) in [6, 6.07) is 23.8. The summed E-state index contributed by atoms with van der Waals surface area (Å²) in [5.41, 5.74) is 5.10. The van der Waals surface area contributed by atoms with Crippen molar-refractivity contribution in [2.45, 2.75) is 39.2 Å². The highest BCUT2D eigenvalue weighted by atomic mass is 19.1. The van der Waals surface area contributed by atoms with Gasteiger partial charge in [0.25, 0.3) is 0 Å². The lowest BCUT2D eigenvalue weighted by Crippen LogP contribution is -2.25. The Morgan fingerprint density at radius 2 is 1.69 bits per heavy atom. The van der Waals surface area contributed by atoms with Crippen LogP contribution in [0.4, 0.5) is 4.39 Å². The molecule has 1 aliphatic rings. The van der Waals surface area contributed by atoms with Crippen LogP contribution in [-0.4, -0.2) is 14.9 Å². The van der Waals surface area contributed by atoms with E-state index in [0.717, 1.165) is 53.3 Å². The van der Waals surface area contributed by atoms with Gasteiger partial charge in [0.15, 0.2) is 0 Å². The molecule has 36 heavy (non-hydrogen) atoms. The molecule has 1 N–H and O–H groups in total. The summed E-state index contributed by atoms with van der Waals surface area (Å²) in [6.45, 7) is 4.25. The van der Waals surface area contributed by atoms with E-state index in [1.807, 2.05) is 72.4 Å². The number of ether oxygens (including phenoxy) is 1. The second-order valence-electron chi connectivity index (χ2n) is 9.59. The molecule has 0 radical (unpaired) electrons. The van der Waals surface area contributed by atoms with Crippen LogP contribution in [0.25, 0.3) is 11.8 Å². The van der Waals surface area contributed by atoms with Gasteiger partial charge in [-0.05, 0) is 104 Å². The fourth-order valence-electron chi connectivity index (χ4n) is 5.11. The van der Waals surface area contributed by atoms with E-state index in [1.54, 1.807) is 12.1 Å². The molecule has 4 nitrogen and oxygen atoms in total. The fraction of sp³-hybridized carbons (Fsp3) is 0.258. The van der Waals surface area contributed by atoms with Crippen molar-refractivity contribution >= 4 is 6.08 Å². The third-order valence-electron chi connectivity index (χ3n) is 7.23. The molecule has 1 fully saturated rings. The number of hydrogen-bond donors (Lipinski definition) is 1. The highest BCUT2D eigenvalue weighted by Crippen LogP contribution is 2.42. The number of aliphatic hydroxyl groups is 1. The Labute approximate surface area is 211 Å². The van der Waals surface area contributed by atoms with E-state index < -0.39 is 6.10 Å². The molecular formula is C31H31FN2O2. The SMILES string of the molecule is Cc1cnn(-c2ccc(F)cc2)c1C=C1CCCC(C(O)c2ccc(Oc3ccccc3)cc2)C1C. The standard InChI is InChI=1S/C31H31FN2O2/c1-21-20-33-34(26-15-13-25(32)14-16-26)30(21)19-24-7-6-10-29(22(24)2)31(35)23-11-17-28(18-12-23)36-27-8-4-3-5-9-27/h3-5,8-9,11-20,22,29,31,35H,6-7,10H2,1-2H3. The molecule has 1 saturated carbocycles. The first kappa shape index (κ1) is 24.0. The van der Waals surface area contributed by atoms with Gasteiger partial charge >= 0.3 is 0 Å². The molecule has 3 atom stereocenters. The minimum absolute atomic E-state index is 0.119. The summed E-state index contributed by atoms with van der Waals surface area (Å²) < 4.78 is 21.2. The minimum atomic E-state index is -0.558. The van der Waals surface area contributed by atoms with Crippen molar-refractivity contribution in [3.05, 3.63) is 113 Å². The summed E-state index contributed by atoms with van der Waals surface area (Å²) in [5.74, 6) is 1.61. The van der Waals surface area contributed by atoms with Crippen LogP contribution in [0.5, 0.6) is 11.5 Å². The Morgan fingerprint density at radius 3 is 2.42 bits per heavy atom. The lowest BCUT2D eigenvalue weighted by atomic mass is 9.72. The lowest BCUT2D eigenvalue weighted by Gasteiger charge is -2.35. The molecule has 5 heteroatoms. The van der Waals surface area contributed by atoms with Crippen LogP contribution in [0, 0.1) is 24.6 Å².